The van der Waals surface area contributed by atoms with Crippen LogP contribution in [0.1, 0.15) is 46.1 Å². The number of fused-ring (bicyclic) bond motifs is 1. The van der Waals surface area contributed by atoms with E-state index in [1.165, 1.54) is 17.3 Å². The van der Waals surface area contributed by atoms with Gasteiger partial charge in [0.15, 0.2) is 10.9 Å². The number of aromatic nitrogens is 3. The normalized spacial score (nSPS) is 15.5. The zero-order chi connectivity index (χ0) is 20.7. The molecule has 30 heavy (non-hydrogen) atoms. The summed E-state index contributed by atoms with van der Waals surface area (Å²) in [6.45, 7) is 0.712. The van der Waals surface area contributed by atoms with E-state index in [4.69, 9.17) is 0 Å². The predicted molar refractivity (Wildman–Crippen MR) is 116 cm³/mol. The Bertz CT molecular complexity index is 1120. The smallest absolute Gasteiger partial charge is 0.231 e. The Hall–Kier alpha value is -2.93. The highest BCUT2D eigenvalue weighted by Gasteiger charge is 2.31. The Balaban J connectivity index is 1.32. The van der Waals surface area contributed by atoms with Gasteiger partial charge in [0.1, 0.15) is 5.82 Å². The van der Waals surface area contributed by atoms with Crippen LogP contribution in [0.3, 0.4) is 0 Å². The van der Waals surface area contributed by atoms with E-state index in [1.807, 2.05) is 30.3 Å². The zero-order valence-electron chi connectivity index (χ0n) is 16.7. The first-order valence-corrected chi connectivity index (χ1v) is 11.1. The quantitative estimate of drug-likeness (QED) is 0.432. The van der Waals surface area contributed by atoms with Gasteiger partial charge in [0.25, 0.3) is 0 Å². The molecule has 1 amide bonds. The lowest BCUT2D eigenvalue weighted by molar-refractivity contribution is -0.117. The van der Waals surface area contributed by atoms with E-state index in [0.29, 0.717) is 30.2 Å². The maximum Gasteiger partial charge on any atom is 0.231 e. The van der Waals surface area contributed by atoms with Crippen molar-refractivity contribution in [2.24, 2.45) is 0 Å². The van der Waals surface area contributed by atoms with Crippen LogP contribution >= 0.6 is 11.8 Å². The highest BCUT2D eigenvalue weighted by molar-refractivity contribution is 7.99. The summed E-state index contributed by atoms with van der Waals surface area (Å²) >= 11 is 1.43. The molecule has 0 atom stereocenters. The van der Waals surface area contributed by atoms with E-state index in [0.717, 1.165) is 35.1 Å². The van der Waals surface area contributed by atoms with Crippen LogP contribution in [0.4, 0.5) is 5.69 Å². The minimum absolute atomic E-state index is 0.0343. The number of ketones is 1. The molecule has 0 spiro atoms. The molecule has 5 rings (SSSR count). The number of carbonyl (C=O) groups excluding carboxylic acids is 2. The Morgan fingerprint density at radius 1 is 1.13 bits per heavy atom. The Morgan fingerprint density at radius 3 is 2.70 bits per heavy atom. The number of amides is 1. The number of carbonyl (C=O) groups is 2. The lowest BCUT2D eigenvalue weighted by atomic mass is 10.1. The molecule has 0 saturated heterocycles. The minimum Gasteiger partial charge on any atom is -0.315 e. The maximum atomic E-state index is 12.8. The number of thioether (sulfide) groups is 1. The maximum absolute atomic E-state index is 12.8. The fraction of sp³-hybridized carbons (Fsp3) is 0.304. The second-order valence-electron chi connectivity index (χ2n) is 7.87. The molecule has 2 aromatic carbocycles. The third-order valence-corrected chi connectivity index (χ3v) is 6.65. The molecule has 0 unspecified atom stereocenters. The van der Waals surface area contributed by atoms with Gasteiger partial charge in [-0.15, -0.1) is 10.2 Å². The summed E-state index contributed by atoms with van der Waals surface area (Å²) in [5.41, 5.74) is 3.64. The summed E-state index contributed by atoms with van der Waals surface area (Å²) in [7, 11) is 1.77. The molecule has 1 aromatic heterocycles. The van der Waals surface area contributed by atoms with E-state index < -0.39 is 0 Å². The molecule has 1 aliphatic carbocycles. The molecule has 1 saturated carbocycles. The molecule has 0 N–H and O–H groups in total. The minimum atomic E-state index is 0.0343. The number of rotatable bonds is 7. The number of likely N-dealkylation sites (N-methyl/N-ethyl adjacent to an activating group) is 1. The fourth-order valence-electron chi connectivity index (χ4n) is 3.82. The summed E-state index contributed by atoms with van der Waals surface area (Å²) in [6, 6.07) is 15.8. The average molecular weight is 419 g/mol. The van der Waals surface area contributed by atoms with Crippen molar-refractivity contribution in [1.82, 2.24) is 14.8 Å². The zero-order valence-corrected chi connectivity index (χ0v) is 17.6. The van der Waals surface area contributed by atoms with Gasteiger partial charge in [-0.2, -0.15) is 0 Å². The van der Waals surface area contributed by atoms with Crippen molar-refractivity contribution in [1.29, 1.82) is 0 Å². The van der Waals surface area contributed by atoms with Crippen LogP contribution in [0.15, 0.2) is 53.7 Å². The van der Waals surface area contributed by atoms with Crippen molar-refractivity contribution in [3.05, 3.63) is 71.0 Å². The largest absolute Gasteiger partial charge is 0.315 e. The van der Waals surface area contributed by atoms with Crippen LogP contribution in [0.2, 0.25) is 0 Å². The van der Waals surface area contributed by atoms with Crippen molar-refractivity contribution >= 4 is 29.1 Å². The average Bonchev–Trinajstić information content (AvgIpc) is 3.47. The molecular weight excluding hydrogens is 396 g/mol. The Morgan fingerprint density at radius 2 is 1.93 bits per heavy atom. The van der Waals surface area contributed by atoms with Crippen LogP contribution < -0.4 is 4.90 Å². The molecule has 1 fully saturated rings. The van der Waals surface area contributed by atoms with Gasteiger partial charge in [0, 0.05) is 24.2 Å². The third-order valence-electron chi connectivity index (χ3n) is 5.68. The van der Waals surface area contributed by atoms with Gasteiger partial charge in [-0.1, -0.05) is 42.1 Å². The highest BCUT2D eigenvalue weighted by Crippen LogP contribution is 2.40. The standard InChI is InChI=1S/C23H22N4O2S/c1-26-19-10-9-17(11-18(19)12-21(26)29)20(28)14-30-23-25-24-22(16-7-8-16)27(23)13-15-5-3-2-4-6-15/h2-6,9-11,16H,7-8,12-14H2,1H3. The Labute approximate surface area is 179 Å². The monoisotopic (exact) mass is 418 g/mol. The van der Waals surface area contributed by atoms with Gasteiger partial charge < -0.3 is 9.47 Å². The summed E-state index contributed by atoms with van der Waals surface area (Å²) in [5, 5.41) is 9.60. The molecule has 152 valence electrons. The first kappa shape index (κ1) is 19.1. The van der Waals surface area contributed by atoms with Crippen LogP contribution in [-0.4, -0.2) is 39.3 Å². The van der Waals surface area contributed by atoms with Gasteiger partial charge in [0.2, 0.25) is 5.91 Å². The van der Waals surface area contributed by atoms with Crippen molar-refractivity contribution in [3.8, 4) is 0 Å². The van der Waals surface area contributed by atoms with Crippen LogP contribution in [0.5, 0.6) is 0 Å². The van der Waals surface area contributed by atoms with Crippen LogP contribution in [0, 0.1) is 0 Å². The first-order valence-electron chi connectivity index (χ1n) is 10.1. The van der Waals surface area contributed by atoms with E-state index in [1.54, 1.807) is 18.0 Å². The number of hydrogen-bond donors (Lipinski definition) is 0. The second-order valence-corrected chi connectivity index (χ2v) is 8.81. The molecule has 3 aromatic rings. The molecule has 0 radical (unpaired) electrons. The van der Waals surface area contributed by atoms with Gasteiger partial charge in [-0.05, 0) is 42.2 Å². The van der Waals surface area contributed by atoms with Crippen molar-refractivity contribution < 1.29 is 9.59 Å². The van der Waals surface area contributed by atoms with Crippen LogP contribution in [-0.2, 0) is 17.8 Å². The van der Waals surface area contributed by atoms with E-state index in [2.05, 4.69) is 26.9 Å². The summed E-state index contributed by atoms with van der Waals surface area (Å²) in [5.74, 6) is 1.89. The highest BCUT2D eigenvalue weighted by atomic mass is 32.2. The van der Waals surface area contributed by atoms with Gasteiger partial charge in [-0.25, -0.2) is 0 Å². The lowest BCUT2D eigenvalue weighted by Gasteiger charge is -2.11. The lowest BCUT2D eigenvalue weighted by Crippen LogP contribution is -2.20. The van der Waals surface area contributed by atoms with E-state index in [9.17, 15) is 9.59 Å². The second kappa shape index (κ2) is 7.72. The molecule has 1 aliphatic heterocycles. The molecule has 6 nitrogen and oxygen atoms in total. The van der Waals surface area contributed by atoms with Gasteiger partial charge in [0.05, 0.1) is 18.7 Å². The summed E-state index contributed by atoms with van der Waals surface area (Å²) < 4.78 is 2.15. The molecular formula is C23H22N4O2S. The summed E-state index contributed by atoms with van der Waals surface area (Å²) in [4.78, 5) is 26.4. The SMILES string of the molecule is CN1C(=O)Cc2cc(C(=O)CSc3nnc(C4CC4)n3Cc3ccccc3)ccc21. The topological polar surface area (TPSA) is 68.1 Å². The molecule has 2 aliphatic rings. The van der Waals surface area contributed by atoms with E-state index >= 15 is 0 Å². The predicted octanol–water partition coefficient (Wildman–Crippen LogP) is 3.70. The van der Waals surface area contributed by atoms with Crippen molar-refractivity contribution in [2.45, 2.75) is 36.9 Å². The van der Waals surface area contributed by atoms with Crippen LogP contribution in [0.25, 0.3) is 0 Å². The number of benzene rings is 2. The third kappa shape index (κ3) is 3.65. The van der Waals surface area contributed by atoms with Gasteiger partial charge >= 0.3 is 0 Å². The molecule has 2 heterocycles. The first-order chi connectivity index (χ1) is 14.6. The number of hydrogen-bond acceptors (Lipinski definition) is 5. The molecule has 0 bridgehead atoms. The summed E-state index contributed by atoms with van der Waals surface area (Å²) in [6.07, 6.45) is 2.66. The Kier molecular flexibility index (Phi) is 4.90. The number of nitrogens with zero attached hydrogens (tertiary/aromatic N) is 4. The number of Topliss-reactive ketones (excluding diaryl/α,β-unsaturated/α-hetero) is 1. The molecule has 7 heteroatoms. The fourth-order valence-corrected chi connectivity index (χ4v) is 4.66. The number of anilines is 1. The van der Waals surface area contributed by atoms with Crippen molar-refractivity contribution in [3.63, 3.8) is 0 Å². The van der Waals surface area contributed by atoms with E-state index in [-0.39, 0.29) is 11.7 Å². The van der Waals surface area contributed by atoms with Gasteiger partial charge in [-0.3, -0.25) is 9.59 Å². The van der Waals surface area contributed by atoms with Crippen molar-refractivity contribution in [2.75, 3.05) is 17.7 Å².